The summed E-state index contributed by atoms with van der Waals surface area (Å²) in [7, 11) is 0. The van der Waals surface area contributed by atoms with Crippen LogP contribution in [0.2, 0.25) is 0 Å². The first-order valence-corrected chi connectivity index (χ1v) is 10.1. The minimum Gasteiger partial charge on any atom is -0.351 e. The van der Waals surface area contributed by atoms with E-state index in [1.165, 1.54) is 17.7 Å². The normalized spacial score (nSPS) is 18.9. The number of carbonyl (C=O) groups excluding carboxylic acids is 2. The van der Waals surface area contributed by atoms with Gasteiger partial charge in [0.1, 0.15) is 5.82 Å². The first-order valence-electron chi connectivity index (χ1n) is 10.1. The maximum Gasteiger partial charge on any atom is 0.317 e. The van der Waals surface area contributed by atoms with Crippen molar-refractivity contribution in [1.29, 1.82) is 0 Å². The Bertz CT molecular complexity index is 826. The number of hydrogen-bond donors (Lipinski definition) is 2. The molecule has 5 nitrogen and oxygen atoms in total. The van der Waals surface area contributed by atoms with Crippen molar-refractivity contribution in [2.45, 2.75) is 32.7 Å². The van der Waals surface area contributed by atoms with Gasteiger partial charge in [-0.3, -0.25) is 4.79 Å². The number of benzene rings is 2. The number of likely N-dealkylation sites (tertiary alicyclic amines) is 1. The highest BCUT2D eigenvalue weighted by atomic mass is 19.1. The molecule has 2 N–H and O–H groups in total. The molecule has 1 saturated heterocycles. The summed E-state index contributed by atoms with van der Waals surface area (Å²) in [6.07, 6.45) is 2.29. The number of piperidine rings is 1. The molecule has 0 unspecified atom stereocenters. The van der Waals surface area contributed by atoms with Crippen LogP contribution in [0, 0.1) is 11.2 Å². The zero-order chi connectivity index (χ0) is 20.7. The zero-order valence-corrected chi connectivity index (χ0v) is 16.8. The lowest BCUT2D eigenvalue weighted by Gasteiger charge is -2.39. The van der Waals surface area contributed by atoms with E-state index in [1.54, 1.807) is 17.0 Å². The Kier molecular flexibility index (Phi) is 6.86. The predicted molar refractivity (Wildman–Crippen MR) is 111 cm³/mol. The molecule has 154 valence electrons. The topological polar surface area (TPSA) is 61.4 Å². The average Bonchev–Trinajstić information content (AvgIpc) is 2.74. The quantitative estimate of drug-likeness (QED) is 0.784. The van der Waals surface area contributed by atoms with E-state index in [0.29, 0.717) is 26.2 Å². The second-order valence-corrected chi connectivity index (χ2v) is 7.86. The van der Waals surface area contributed by atoms with Gasteiger partial charge in [0.15, 0.2) is 0 Å². The number of nitrogens with one attached hydrogen (secondary N) is 2. The number of amides is 3. The van der Waals surface area contributed by atoms with Gasteiger partial charge in [-0.15, -0.1) is 0 Å². The lowest BCUT2D eigenvalue weighted by atomic mass is 9.81. The van der Waals surface area contributed by atoms with Gasteiger partial charge in [-0.2, -0.15) is 0 Å². The van der Waals surface area contributed by atoms with Gasteiger partial charge < -0.3 is 15.5 Å². The van der Waals surface area contributed by atoms with Crippen LogP contribution in [0.5, 0.6) is 0 Å². The van der Waals surface area contributed by atoms with Gasteiger partial charge in [0.25, 0.3) is 0 Å². The Morgan fingerprint density at radius 1 is 1.03 bits per heavy atom. The summed E-state index contributed by atoms with van der Waals surface area (Å²) in [5.41, 5.74) is 1.39. The van der Waals surface area contributed by atoms with Gasteiger partial charge in [0.05, 0.1) is 5.41 Å². The Hall–Kier alpha value is -2.89. The fourth-order valence-corrected chi connectivity index (χ4v) is 3.67. The van der Waals surface area contributed by atoms with Crippen molar-refractivity contribution < 1.29 is 14.0 Å². The monoisotopic (exact) mass is 397 g/mol. The summed E-state index contributed by atoms with van der Waals surface area (Å²) in [5.74, 6) is -0.378. The van der Waals surface area contributed by atoms with Crippen LogP contribution in [-0.2, 0) is 17.8 Å². The highest BCUT2D eigenvalue weighted by Crippen LogP contribution is 2.30. The van der Waals surface area contributed by atoms with E-state index in [4.69, 9.17) is 0 Å². The summed E-state index contributed by atoms with van der Waals surface area (Å²) in [6.45, 7) is 3.85. The van der Waals surface area contributed by atoms with E-state index in [0.717, 1.165) is 24.8 Å². The van der Waals surface area contributed by atoms with E-state index in [2.05, 4.69) is 10.6 Å². The highest BCUT2D eigenvalue weighted by Gasteiger charge is 2.39. The Labute approximate surface area is 171 Å². The molecule has 1 heterocycles. The van der Waals surface area contributed by atoms with Crippen molar-refractivity contribution in [3.8, 4) is 0 Å². The average molecular weight is 397 g/mol. The second-order valence-electron chi connectivity index (χ2n) is 7.86. The molecule has 1 fully saturated rings. The number of halogens is 1. The number of nitrogens with zero attached hydrogens (tertiary/aromatic N) is 1. The number of carbonyl (C=O) groups is 2. The Balaban J connectivity index is 1.49. The zero-order valence-electron chi connectivity index (χ0n) is 16.8. The molecule has 0 bridgehead atoms. The van der Waals surface area contributed by atoms with E-state index >= 15 is 0 Å². The highest BCUT2D eigenvalue weighted by molar-refractivity contribution is 5.84. The molecule has 3 rings (SSSR count). The number of hydrogen-bond acceptors (Lipinski definition) is 2. The van der Waals surface area contributed by atoms with Crippen molar-refractivity contribution in [2.75, 3.05) is 19.6 Å². The van der Waals surface area contributed by atoms with Crippen LogP contribution in [0.15, 0.2) is 54.6 Å². The fourth-order valence-electron chi connectivity index (χ4n) is 3.67. The Morgan fingerprint density at radius 2 is 1.76 bits per heavy atom. The molecule has 2 aromatic rings. The predicted octanol–water partition coefficient (Wildman–Crippen LogP) is 3.50. The van der Waals surface area contributed by atoms with Crippen LogP contribution >= 0.6 is 0 Å². The maximum absolute atomic E-state index is 13.0. The Morgan fingerprint density at radius 3 is 2.48 bits per heavy atom. The summed E-state index contributed by atoms with van der Waals surface area (Å²) >= 11 is 0. The van der Waals surface area contributed by atoms with E-state index in [9.17, 15) is 14.0 Å². The molecule has 0 aromatic heterocycles. The second kappa shape index (κ2) is 9.54. The standard InChI is InChI=1S/C23H28FN3O2/c1-23(21(28)26-16-19-8-10-20(24)11-9-19)13-5-15-27(17-23)22(29)25-14-12-18-6-3-2-4-7-18/h2-4,6-11H,5,12-17H2,1H3,(H,25,29)(H,26,28)/t23-/m1/s1. The third-order valence-electron chi connectivity index (χ3n) is 5.43. The summed E-state index contributed by atoms with van der Waals surface area (Å²) in [5, 5.41) is 5.89. The van der Waals surface area contributed by atoms with E-state index < -0.39 is 5.41 Å². The molecule has 29 heavy (non-hydrogen) atoms. The lowest BCUT2D eigenvalue weighted by Crippen LogP contribution is -2.54. The van der Waals surface area contributed by atoms with Crippen molar-refractivity contribution in [3.63, 3.8) is 0 Å². The molecule has 2 aromatic carbocycles. The summed E-state index contributed by atoms with van der Waals surface area (Å²) in [6, 6.07) is 16.0. The molecule has 0 radical (unpaired) electrons. The van der Waals surface area contributed by atoms with E-state index in [-0.39, 0.29) is 17.8 Å². The maximum atomic E-state index is 13.0. The number of urea groups is 1. The minimum atomic E-state index is -0.630. The van der Waals surface area contributed by atoms with Gasteiger partial charge in [0, 0.05) is 26.2 Å². The smallest absolute Gasteiger partial charge is 0.317 e. The van der Waals surface area contributed by atoms with Gasteiger partial charge in [-0.05, 0) is 49.4 Å². The fraction of sp³-hybridized carbons (Fsp3) is 0.391. The molecule has 0 aliphatic carbocycles. The van der Waals surface area contributed by atoms with Crippen molar-refractivity contribution >= 4 is 11.9 Å². The van der Waals surface area contributed by atoms with Crippen LogP contribution in [-0.4, -0.2) is 36.5 Å². The molecule has 1 aliphatic heterocycles. The SMILES string of the molecule is C[C@@]1(C(=O)NCc2ccc(F)cc2)CCCN(C(=O)NCCc2ccccc2)C1. The van der Waals surface area contributed by atoms with Crippen molar-refractivity contribution in [1.82, 2.24) is 15.5 Å². The molecule has 6 heteroatoms. The van der Waals surface area contributed by atoms with Crippen LogP contribution in [0.1, 0.15) is 30.9 Å². The first kappa shape index (κ1) is 20.8. The van der Waals surface area contributed by atoms with Crippen LogP contribution in [0.4, 0.5) is 9.18 Å². The first-order chi connectivity index (χ1) is 14.0. The lowest BCUT2D eigenvalue weighted by molar-refractivity contribution is -0.132. The molecule has 3 amide bonds. The molecular formula is C23H28FN3O2. The van der Waals surface area contributed by atoms with Gasteiger partial charge in [-0.1, -0.05) is 42.5 Å². The molecule has 1 atom stereocenters. The molecule has 1 aliphatic rings. The van der Waals surface area contributed by atoms with Gasteiger partial charge >= 0.3 is 6.03 Å². The third-order valence-corrected chi connectivity index (χ3v) is 5.43. The third kappa shape index (κ3) is 5.79. The summed E-state index contributed by atoms with van der Waals surface area (Å²) in [4.78, 5) is 27.1. The van der Waals surface area contributed by atoms with Crippen LogP contribution < -0.4 is 10.6 Å². The molecule has 0 saturated carbocycles. The van der Waals surface area contributed by atoms with Crippen LogP contribution in [0.25, 0.3) is 0 Å². The largest absolute Gasteiger partial charge is 0.351 e. The van der Waals surface area contributed by atoms with Gasteiger partial charge in [0.2, 0.25) is 5.91 Å². The summed E-state index contributed by atoms with van der Waals surface area (Å²) < 4.78 is 13.0. The number of rotatable bonds is 6. The minimum absolute atomic E-state index is 0.0800. The van der Waals surface area contributed by atoms with Crippen molar-refractivity contribution in [3.05, 3.63) is 71.5 Å². The van der Waals surface area contributed by atoms with Crippen molar-refractivity contribution in [2.24, 2.45) is 5.41 Å². The molecular weight excluding hydrogens is 369 g/mol. The molecule has 0 spiro atoms. The van der Waals surface area contributed by atoms with Crippen LogP contribution in [0.3, 0.4) is 0 Å². The van der Waals surface area contributed by atoms with E-state index in [1.807, 2.05) is 37.3 Å². The van der Waals surface area contributed by atoms with Gasteiger partial charge in [-0.25, -0.2) is 9.18 Å².